The highest BCUT2D eigenvalue weighted by Crippen LogP contribution is 2.22. The topological polar surface area (TPSA) is 102 Å². The first-order chi connectivity index (χ1) is 11.2. The predicted octanol–water partition coefficient (Wildman–Crippen LogP) is 0.562. The number of benzene rings is 1. The number of hydrogen-bond acceptors (Lipinski definition) is 5. The minimum absolute atomic E-state index is 0.108. The lowest BCUT2D eigenvalue weighted by Gasteiger charge is -2.34. The van der Waals surface area contributed by atoms with E-state index >= 15 is 0 Å². The first-order valence-electron chi connectivity index (χ1n) is 8.00. The summed E-state index contributed by atoms with van der Waals surface area (Å²) in [4.78, 5) is 12.3. The number of amides is 1. The van der Waals surface area contributed by atoms with Gasteiger partial charge < -0.3 is 15.8 Å². The maximum absolute atomic E-state index is 12.9. The number of nitrogens with one attached hydrogen (secondary N) is 1. The first kappa shape index (κ1) is 18.9. The van der Waals surface area contributed by atoms with Crippen molar-refractivity contribution >= 4 is 15.9 Å². The molecule has 2 unspecified atom stereocenters. The minimum atomic E-state index is -3.67. The van der Waals surface area contributed by atoms with Crippen LogP contribution in [0.15, 0.2) is 29.2 Å². The van der Waals surface area contributed by atoms with Crippen LogP contribution in [0.1, 0.15) is 31.1 Å². The number of carbonyl (C=O) groups is 1. The largest absolute Gasteiger partial charge is 0.373 e. The third kappa shape index (κ3) is 4.32. The van der Waals surface area contributed by atoms with E-state index in [1.807, 2.05) is 13.8 Å². The Labute approximate surface area is 143 Å². The van der Waals surface area contributed by atoms with Crippen molar-refractivity contribution in [3.8, 4) is 0 Å². The van der Waals surface area contributed by atoms with Gasteiger partial charge >= 0.3 is 0 Å². The Morgan fingerprint density at radius 3 is 2.58 bits per heavy atom. The predicted molar refractivity (Wildman–Crippen MR) is 91.2 cm³/mol. The smallest absolute Gasteiger partial charge is 0.251 e. The van der Waals surface area contributed by atoms with Gasteiger partial charge in [-0.05, 0) is 39.0 Å². The number of nitrogens with zero attached hydrogens (tertiary/aromatic N) is 1. The number of morpholine rings is 1. The van der Waals surface area contributed by atoms with Gasteiger partial charge in [-0.25, -0.2) is 8.42 Å². The third-order valence-electron chi connectivity index (χ3n) is 3.85. The van der Waals surface area contributed by atoms with Crippen LogP contribution >= 0.6 is 0 Å². The average molecular weight is 355 g/mol. The van der Waals surface area contributed by atoms with Crippen molar-refractivity contribution in [1.82, 2.24) is 9.62 Å². The zero-order valence-corrected chi connectivity index (χ0v) is 15.0. The lowest BCUT2D eigenvalue weighted by Crippen LogP contribution is -2.48. The molecule has 1 heterocycles. The fraction of sp³-hybridized carbons (Fsp3) is 0.562. The molecule has 0 bridgehead atoms. The van der Waals surface area contributed by atoms with Crippen LogP contribution in [-0.4, -0.2) is 56.5 Å². The third-order valence-corrected chi connectivity index (χ3v) is 5.68. The number of rotatable bonds is 5. The summed E-state index contributed by atoms with van der Waals surface area (Å²) >= 11 is 0. The molecule has 1 amide bonds. The second kappa shape index (κ2) is 7.60. The molecule has 1 saturated heterocycles. The quantitative estimate of drug-likeness (QED) is 0.804. The van der Waals surface area contributed by atoms with E-state index in [9.17, 15) is 13.2 Å². The molecule has 1 aromatic rings. The molecule has 3 N–H and O–H groups in total. The zero-order chi connectivity index (χ0) is 17.9. The van der Waals surface area contributed by atoms with E-state index in [1.165, 1.54) is 16.4 Å². The molecule has 2 rings (SSSR count). The number of carbonyl (C=O) groups excluding carboxylic acids is 1. The standard InChI is InChI=1S/C16H25N3O4S/c1-11(8-17)18-16(20)14-5-4-6-15(7-14)24(21,22)19-9-12(2)23-13(3)10-19/h4-7,11-13H,8-10,17H2,1-3H3,(H,18,20)/t11-,12?,13?/m0/s1. The van der Waals surface area contributed by atoms with Crippen LogP contribution in [0.5, 0.6) is 0 Å². The number of nitrogens with two attached hydrogens (primary N) is 1. The van der Waals surface area contributed by atoms with Gasteiger partial charge in [0.25, 0.3) is 5.91 Å². The van der Waals surface area contributed by atoms with Crippen molar-refractivity contribution in [3.05, 3.63) is 29.8 Å². The molecule has 24 heavy (non-hydrogen) atoms. The van der Waals surface area contributed by atoms with Gasteiger partial charge in [0, 0.05) is 31.2 Å². The molecule has 0 radical (unpaired) electrons. The normalized spacial score (nSPS) is 23.7. The molecule has 1 aliphatic heterocycles. The summed E-state index contributed by atoms with van der Waals surface area (Å²) in [5.74, 6) is -0.339. The SMILES string of the molecule is CC1CN(S(=O)(=O)c2cccc(C(=O)N[C@@H](C)CN)c2)CC(C)O1. The lowest BCUT2D eigenvalue weighted by atomic mass is 10.2. The summed E-state index contributed by atoms with van der Waals surface area (Å²) in [7, 11) is -3.67. The van der Waals surface area contributed by atoms with Gasteiger partial charge in [0.05, 0.1) is 17.1 Å². The van der Waals surface area contributed by atoms with Gasteiger partial charge in [-0.1, -0.05) is 6.07 Å². The molecule has 0 aromatic heterocycles. The minimum Gasteiger partial charge on any atom is -0.373 e. The van der Waals surface area contributed by atoms with Crippen molar-refractivity contribution in [2.24, 2.45) is 5.73 Å². The fourth-order valence-electron chi connectivity index (χ4n) is 2.64. The maximum Gasteiger partial charge on any atom is 0.251 e. The Morgan fingerprint density at radius 2 is 2.00 bits per heavy atom. The van der Waals surface area contributed by atoms with Crippen LogP contribution in [-0.2, 0) is 14.8 Å². The fourth-order valence-corrected chi connectivity index (χ4v) is 4.28. The summed E-state index contributed by atoms with van der Waals surface area (Å²) < 4.78 is 32.7. The lowest BCUT2D eigenvalue weighted by molar-refractivity contribution is -0.0440. The Balaban J connectivity index is 2.25. The molecule has 1 aliphatic rings. The van der Waals surface area contributed by atoms with Crippen LogP contribution in [0, 0.1) is 0 Å². The first-order valence-corrected chi connectivity index (χ1v) is 9.44. The highest BCUT2D eigenvalue weighted by atomic mass is 32.2. The van der Waals surface area contributed by atoms with Gasteiger partial charge in [0.15, 0.2) is 0 Å². The molecule has 7 nitrogen and oxygen atoms in total. The molecule has 1 aromatic carbocycles. The van der Waals surface area contributed by atoms with Crippen molar-refractivity contribution in [1.29, 1.82) is 0 Å². The van der Waals surface area contributed by atoms with E-state index in [2.05, 4.69) is 5.32 Å². The summed E-state index contributed by atoms with van der Waals surface area (Å²) in [5, 5.41) is 2.73. The molecule has 0 spiro atoms. The van der Waals surface area contributed by atoms with Crippen LogP contribution in [0.25, 0.3) is 0 Å². The van der Waals surface area contributed by atoms with Gasteiger partial charge in [-0.2, -0.15) is 4.31 Å². The maximum atomic E-state index is 12.9. The Kier molecular flexibility index (Phi) is 5.97. The monoisotopic (exact) mass is 355 g/mol. The van der Waals surface area contributed by atoms with Crippen LogP contribution in [0.4, 0.5) is 0 Å². The van der Waals surface area contributed by atoms with E-state index in [0.717, 1.165) is 0 Å². The van der Waals surface area contributed by atoms with Crippen molar-refractivity contribution in [2.75, 3.05) is 19.6 Å². The summed E-state index contributed by atoms with van der Waals surface area (Å²) in [6.07, 6.45) is -0.333. The van der Waals surface area contributed by atoms with E-state index in [1.54, 1.807) is 19.1 Å². The average Bonchev–Trinajstić information content (AvgIpc) is 2.53. The van der Waals surface area contributed by atoms with E-state index in [-0.39, 0.29) is 29.1 Å². The molecule has 0 saturated carbocycles. The van der Waals surface area contributed by atoms with Crippen LogP contribution in [0.2, 0.25) is 0 Å². The van der Waals surface area contributed by atoms with Crippen molar-refractivity contribution in [3.63, 3.8) is 0 Å². The second-order valence-corrected chi connectivity index (χ2v) is 8.16. The van der Waals surface area contributed by atoms with E-state index < -0.39 is 10.0 Å². The highest BCUT2D eigenvalue weighted by molar-refractivity contribution is 7.89. The zero-order valence-electron chi connectivity index (χ0n) is 14.2. The van der Waals surface area contributed by atoms with Crippen molar-refractivity contribution in [2.45, 2.75) is 43.9 Å². The Hall–Kier alpha value is -1.48. The van der Waals surface area contributed by atoms with Crippen LogP contribution < -0.4 is 11.1 Å². The second-order valence-electron chi connectivity index (χ2n) is 6.22. The van der Waals surface area contributed by atoms with Gasteiger partial charge in [0.2, 0.25) is 10.0 Å². The number of sulfonamides is 1. The Morgan fingerprint density at radius 1 is 1.38 bits per heavy atom. The molecule has 1 fully saturated rings. The van der Waals surface area contributed by atoms with Crippen LogP contribution in [0.3, 0.4) is 0 Å². The van der Waals surface area contributed by atoms with Gasteiger partial charge in [-0.15, -0.1) is 0 Å². The van der Waals surface area contributed by atoms with Gasteiger partial charge in [-0.3, -0.25) is 4.79 Å². The van der Waals surface area contributed by atoms with Gasteiger partial charge in [0.1, 0.15) is 0 Å². The molecule has 8 heteroatoms. The van der Waals surface area contributed by atoms with E-state index in [0.29, 0.717) is 25.2 Å². The summed E-state index contributed by atoms with van der Waals surface area (Å²) in [6, 6.07) is 5.88. The van der Waals surface area contributed by atoms with Crippen molar-refractivity contribution < 1.29 is 17.9 Å². The summed E-state index contributed by atoms with van der Waals surface area (Å²) in [5.41, 5.74) is 5.79. The highest BCUT2D eigenvalue weighted by Gasteiger charge is 2.32. The Bertz CT molecular complexity index is 682. The van der Waals surface area contributed by atoms with E-state index in [4.69, 9.17) is 10.5 Å². The number of ether oxygens (including phenoxy) is 1. The molecular weight excluding hydrogens is 330 g/mol. The number of hydrogen-bond donors (Lipinski definition) is 2. The molecular formula is C16H25N3O4S. The molecule has 134 valence electrons. The molecule has 3 atom stereocenters. The molecule has 0 aliphatic carbocycles. The summed E-state index contributed by atoms with van der Waals surface area (Å²) in [6.45, 7) is 6.38.